The van der Waals surface area contributed by atoms with Gasteiger partial charge in [-0.25, -0.2) is 9.78 Å². The monoisotopic (exact) mass is 562 g/mol. The number of carboxylic acids is 1. The lowest BCUT2D eigenvalue weighted by Gasteiger charge is -2.49. The van der Waals surface area contributed by atoms with Gasteiger partial charge in [0.2, 0.25) is 5.91 Å². The van der Waals surface area contributed by atoms with Crippen LogP contribution in [0.15, 0.2) is 52.0 Å². The summed E-state index contributed by atoms with van der Waals surface area (Å²) >= 11 is 4.33. The van der Waals surface area contributed by atoms with E-state index in [2.05, 4.69) is 29.7 Å². The maximum absolute atomic E-state index is 12.9. The molecule has 0 radical (unpaired) electrons. The first-order chi connectivity index (χ1) is 17.7. The molecule has 198 valence electrons. The highest BCUT2D eigenvalue weighted by molar-refractivity contribution is 8.01. The number of carboxylic acid groups (broad SMARTS) is 1. The van der Waals surface area contributed by atoms with E-state index in [1.54, 1.807) is 0 Å². The molecule has 2 atom stereocenters. The summed E-state index contributed by atoms with van der Waals surface area (Å²) in [6.07, 6.45) is 4.87. The highest BCUT2D eigenvalue weighted by Gasteiger charge is 2.53. The molecule has 2 aliphatic rings. The Morgan fingerprint density at radius 2 is 2.11 bits per heavy atom. The van der Waals surface area contributed by atoms with Crippen molar-refractivity contribution in [3.05, 3.63) is 47.7 Å². The third kappa shape index (κ3) is 6.55. The molecule has 1 saturated heterocycles. The van der Waals surface area contributed by atoms with Crippen molar-refractivity contribution in [3.63, 3.8) is 0 Å². The van der Waals surface area contributed by atoms with Gasteiger partial charge in [0, 0.05) is 18.7 Å². The molecule has 4 rings (SSSR count). The Hall–Kier alpha value is -2.38. The van der Waals surface area contributed by atoms with Gasteiger partial charge in [-0.3, -0.25) is 14.5 Å². The molecular formula is C25H32N5O4S3+. The Morgan fingerprint density at radius 1 is 1.32 bits per heavy atom. The number of β-lactam (4-membered cyclic amide) rings is 1. The number of likely N-dealkylation sites (N-methyl/N-ethyl adjacent to an activating group) is 1. The quantitative estimate of drug-likeness (QED) is 0.157. The summed E-state index contributed by atoms with van der Waals surface area (Å²) in [6.45, 7) is 2.70. The number of hydrogen-bond donors (Lipinski definition) is 3. The van der Waals surface area contributed by atoms with Crippen LogP contribution in [0.4, 0.5) is 0 Å². The van der Waals surface area contributed by atoms with E-state index in [4.69, 9.17) is 0 Å². The Labute approximate surface area is 229 Å². The van der Waals surface area contributed by atoms with Crippen molar-refractivity contribution in [1.29, 1.82) is 0 Å². The molecule has 0 bridgehead atoms. The third-order valence-corrected chi connectivity index (χ3v) is 9.71. The van der Waals surface area contributed by atoms with Crippen LogP contribution in [-0.2, 0) is 14.4 Å². The maximum atomic E-state index is 12.9. The summed E-state index contributed by atoms with van der Waals surface area (Å²) in [5, 5.41) is 15.4. The largest absolute Gasteiger partial charge is 0.477 e. The van der Waals surface area contributed by atoms with E-state index in [1.807, 2.05) is 43.5 Å². The van der Waals surface area contributed by atoms with E-state index in [9.17, 15) is 19.5 Å². The van der Waals surface area contributed by atoms with Gasteiger partial charge in [0.1, 0.15) is 17.1 Å². The van der Waals surface area contributed by atoms with Crippen molar-refractivity contribution in [2.45, 2.75) is 22.2 Å². The second-order valence-electron chi connectivity index (χ2n) is 9.57. The van der Waals surface area contributed by atoms with Crippen LogP contribution in [0.2, 0.25) is 0 Å². The summed E-state index contributed by atoms with van der Waals surface area (Å²) in [7, 11) is 6.21. The van der Waals surface area contributed by atoms with E-state index >= 15 is 0 Å². The van der Waals surface area contributed by atoms with Crippen LogP contribution in [0, 0.1) is 0 Å². The number of rotatable bonds is 12. The standard InChI is InChI=1S/C25H31N5O4S3/c1-26-11-7-13-30(2,3)12-6-8-16-14-35-23-20(22(32)29(23)21(16)24(33)34)28-19(31)15-36-25-27-17-9-4-5-10-18(17)37-25/h4-6,8-10,20,23,26H,7,11-15H2,1-3H3,(H-,28,31,33,34)/p+1/t20-,23-/m1/s1. The number of hydrogen-bond acceptors (Lipinski definition) is 8. The fourth-order valence-corrected chi connectivity index (χ4v) is 7.48. The number of nitrogens with zero attached hydrogens (tertiary/aromatic N) is 3. The van der Waals surface area contributed by atoms with Crippen molar-refractivity contribution in [2.75, 3.05) is 52.3 Å². The molecular weight excluding hydrogens is 531 g/mol. The molecule has 3 N–H and O–H groups in total. The van der Waals surface area contributed by atoms with Gasteiger partial charge in [0.15, 0.2) is 4.34 Å². The van der Waals surface area contributed by atoms with E-state index in [1.165, 1.54) is 39.8 Å². The zero-order valence-corrected chi connectivity index (χ0v) is 23.5. The number of thiazole rings is 1. The van der Waals surface area contributed by atoms with E-state index < -0.39 is 17.4 Å². The number of benzene rings is 1. The molecule has 0 aliphatic carbocycles. The van der Waals surface area contributed by atoms with Gasteiger partial charge in [-0.1, -0.05) is 30.0 Å². The number of aliphatic carboxylic acids is 1. The zero-order chi connectivity index (χ0) is 26.6. The summed E-state index contributed by atoms with van der Waals surface area (Å²) < 4.78 is 2.64. The van der Waals surface area contributed by atoms with Crippen molar-refractivity contribution >= 4 is 62.9 Å². The molecule has 9 nitrogen and oxygen atoms in total. The smallest absolute Gasteiger partial charge is 0.352 e. The molecule has 1 aromatic heterocycles. The second kappa shape index (κ2) is 12.0. The topological polar surface area (TPSA) is 112 Å². The first-order valence-electron chi connectivity index (χ1n) is 12.0. The van der Waals surface area contributed by atoms with Crippen molar-refractivity contribution in [1.82, 2.24) is 20.5 Å². The first kappa shape index (κ1) is 27.6. The summed E-state index contributed by atoms with van der Waals surface area (Å²) in [5.41, 5.74) is 1.53. The molecule has 1 fully saturated rings. The number of fused-ring (bicyclic) bond motifs is 2. The number of para-hydroxylation sites is 1. The van der Waals surface area contributed by atoms with Crippen LogP contribution < -0.4 is 10.6 Å². The molecule has 12 heteroatoms. The normalized spacial score (nSPS) is 19.9. The average molecular weight is 563 g/mol. The predicted octanol–water partition coefficient (Wildman–Crippen LogP) is 2.37. The SMILES string of the molecule is CNCCC[N+](C)(C)CC=CC1=C(C(=O)O)N2C(=O)[C@@H](NC(=O)CSc3nc4ccccc4s3)[C@H]2SC1. The number of amides is 2. The van der Waals surface area contributed by atoms with Crippen LogP contribution in [-0.4, -0.2) is 101 Å². The lowest BCUT2D eigenvalue weighted by molar-refractivity contribution is -0.884. The lowest BCUT2D eigenvalue weighted by Crippen LogP contribution is -2.70. The van der Waals surface area contributed by atoms with E-state index in [0.717, 1.165) is 45.1 Å². The minimum atomic E-state index is -1.13. The Kier molecular flexibility index (Phi) is 8.96. The van der Waals surface area contributed by atoms with Gasteiger partial charge < -0.3 is 20.2 Å². The molecule has 3 heterocycles. The minimum Gasteiger partial charge on any atom is -0.477 e. The predicted molar refractivity (Wildman–Crippen MR) is 150 cm³/mol. The summed E-state index contributed by atoms with van der Waals surface area (Å²) in [6, 6.07) is 7.07. The lowest BCUT2D eigenvalue weighted by atomic mass is 10.0. The Balaban J connectivity index is 1.34. The van der Waals surface area contributed by atoms with Crippen LogP contribution in [0.25, 0.3) is 10.2 Å². The summed E-state index contributed by atoms with van der Waals surface area (Å²) in [4.78, 5) is 43.4. The molecule has 0 saturated carbocycles. The van der Waals surface area contributed by atoms with Gasteiger partial charge in [0.05, 0.1) is 43.2 Å². The second-order valence-corrected chi connectivity index (χ2v) is 12.9. The van der Waals surface area contributed by atoms with Gasteiger partial charge in [-0.05, 0) is 30.8 Å². The Bertz CT molecular complexity index is 1210. The van der Waals surface area contributed by atoms with E-state index in [-0.39, 0.29) is 23.3 Å². The highest BCUT2D eigenvalue weighted by Crippen LogP contribution is 2.40. The van der Waals surface area contributed by atoms with Gasteiger partial charge in [0.25, 0.3) is 5.91 Å². The van der Waals surface area contributed by atoms with Crippen LogP contribution in [0.1, 0.15) is 6.42 Å². The van der Waals surface area contributed by atoms with Gasteiger partial charge in [-0.15, -0.1) is 23.1 Å². The highest BCUT2D eigenvalue weighted by atomic mass is 32.2. The molecule has 2 aromatic rings. The zero-order valence-electron chi connectivity index (χ0n) is 21.1. The van der Waals surface area contributed by atoms with E-state index in [0.29, 0.717) is 11.3 Å². The number of aromatic nitrogens is 1. The average Bonchev–Trinajstić information content (AvgIpc) is 3.28. The van der Waals surface area contributed by atoms with Crippen LogP contribution in [0.3, 0.4) is 0 Å². The molecule has 0 spiro atoms. The van der Waals surface area contributed by atoms with Crippen LogP contribution in [0.5, 0.6) is 0 Å². The van der Waals surface area contributed by atoms with Gasteiger partial charge in [-0.2, -0.15) is 0 Å². The number of quaternary nitrogens is 1. The molecule has 1 aromatic carbocycles. The van der Waals surface area contributed by atoms with Gasteiger partial charge >= 0.3 is 5.97 Å². The number of thioether (sulfide) groups is 2. The fraction of sp³-hybridized carbons (Fsp3) is 0.440. The first-order valence-corrected chi connectivity index (χ1v) is 14.9. The fourth-order valence-electron chi connectivity index (χ4n) is 4.28. The number of carbonyl (C=O) groups is 3. The molecule has 2 aliphatic heterocycles. The van der Waals surface area contributed by atoms with Crippen molar-refractivity contribution < 1.29 is 24.0 Å². The van der Waals surface area contributed by atoms with Crippen molar-refractivity contribution in [2.24, 2.45) is 0 Å². The number of allylic oxidation sites excluding steroid dienone is 1. The number of nitrogens with one attached hydrogen (secondary N) is 2. The third-order valence-electron chi connectivity index (χ3n) is 6.23. The minimum absolute atomic E-state index is 0.0137. The van der Waals surface area contributed by atoms with Crippen molar-refractivity contribution in [3.8, 4) is 0 Å². The molecule has 2 amide bonds. The Morgan fingerprint density at radius 3 is 2.84 bits per heavy atom. The summed E-state index contributed by atoms with van der Waals surface area (Å²) in [5.74, 6) is -1.18. The molecule has 37 heavy (non-hydrogen) atoms. The molecule has 0 unspecified atom stereocenters. The number of carbonyl (C=O) groups excluding carboxylic acids is 2. The maximum Gasteiger partial charge on any atom is 0.352 e. The van der Waals surface area contributed by atoms with Crippen LogP contribution >= 0.6 is 34.9 Å².